The predicted molar refractivity (Wildman–Crippen MR) is 44.5 cm³/mol. The Morgan fingerprint density at radius 1 is 1.55 bits per heavy atom. The van der Waals surface area contributed by atoms with Crippen molar-refractivity contribution in [3.63, 3.8) is 0 Å². The van der Waals surface area contributed by atoms with Crippen LogP contribution in [-0.2, 0) is 0 Å². The van der Waals surface area contributed by atoms with Crippen LogP contribution in [0.5, 0.6) is 0 Å². The zero-order valence-electron chi connectivity index (χ0n) is 7.15. The molecule has 0 bridgehead atoms. The van der Waals surface area contributed by atoms with Crippen LogP contribution in [0.2, 0.25) is 0 Å². The van der Waals surface area contributed by atoms with Gasteiger partial charge in [-0.15, -0.1) is 0 Å². The molecule has 3 nitrogen and oxygen atoms in total. The molecule has 0 aromatic rings. The summed E-state index contributed by atoms with van der Waals surface area (Å²) in [5, 5.41) is 9.88. The van der Waals surface area contributed by atoms with E-state index in [2.05, 4.69) is 18.8 Å². The first-order valence-electron chi connectivity index (χ1n) is 3.76. The van der Waals surface area contributed by atoms with E-state index in [1.807, 2.05) is 13.0 Å². The molecule has 0 radical (unpaired) electrons. The van der Waals surface area contributed by atoms with Gasteiger partial charge in [-0.1, -0.05) is 13.8 Å². The molecule has 0 aromatic carbocycles. The maximum atomic E-state index is 8.92. The van der Waals surface area contributed by atoms with Crippen LogP contribution in [0.4, 0.5) is 0 Å². The first-order chi connectivity index (χ1) is 5.04. The fourth-order valence-corrected chi connectivity index (χ4v) is 0.834. The molecule has 0 amide bonds. The number of nitrogens with zero attached hydrogens (tertiary/aromatic N) is 2. The van der Waals surface area contributed by atoms with Crippen LogP contribution in [0.3, 0.4) is 0 Å². The van der Waals surface area contributed by atoms with E-state index in [1.54, 1.807) is 6.20 Å². The quantitative estimate of drug-likeness (QED) is 0.623. The van der Waals surface area contributed by atoms with Gasteiger partial charge < -0.3 is 0 Å². The highest BCUT2D eigenvalue weighted by molar-refractivity contribution is 5.57. The summed E-state index contributed by atoms with van der Waals surface area (Å²) in [6.07, 6.45) is 4.95. The molecule has 0 saturated carbocycles. The molecular weight excluding hydrogens is 140 g/mol. The maximum absolute atomic E-state index is 8.92. The van der Waals surface area contributed by atoms with Gasteiger partial charge in [-0.3, -0.25) is 10.2 Å². The Bertz CT molecular complexity index is 182. The van der Waals surface area contributed by atoms with Crippen molar-refractivity contribution in [3.8, 4) is 0 Å². The lowest BCUT2D eigenvalue weighted by Gasteiger charge is -2.29. The van der Waals surface area contributed by atoms with E-state index in [-0.39, 0.29) is 5.54 Å². The number of aliphatic imine (C=N–C) groups is 1. The van der Waals surface area contributed by atoms with Gasteiger partial charge in [-0.2, -0.15) is 0 Å². The molecule has 11 heavy (non-hydrogen) atoms. The number of hydrogen-bond donors (Lipinski definition) is 1. The zero-order chi connectivity index (χ0) is 8.48. The molecule has 1 aliphatic rings. The van der Waals surface area contributed by atoms with E-state index in [0.29, 0.717) is 5.92 Å². The summed E-state index contributed by atoms with van der Waals surface area (Å²) in [6.45, 7) is 6.25. The van der Waals surface area contributed by atoms with Crippen LogP contribution >= 0.6 is 0 Å². The van der Waals surface area contributed by atoms with E-state index in [9.17, 15) is 0 Å². The van der Waals surface area contributed by atoms with E-state index >= 15 is 0 Å². The molecule has 1 unspecified atom stereocenters. The van der Waals surface area contributed by atoms with Gasteiger partial charge in [0.15, 0.2) is 0 Å². The highest BCUT2D eigenvalue weighted by Crippen LogP contribution is 2.24. The Morgan fingerprint density at radius 2 is 2.18 bits per heavy atom. The molecule has 62 valence electrons. The minimum Gasteiger partial charge on any atom is -0.283 e. The minimum atomic E-state index is -0.154. The van der Waals surface area contributed by atoms with Crippen LogP contribution in [0.1, 0.15) is 20.8 Å². The van der Waals surface area contributed by atoms with Crippen LogP contribution in [0.15, 0.2) is 17.3 Å². The van der Waals surface area contributed by atoms with Gasteiger partial charge in [0, 0.05) is 6.20 Å². The second-order valence-electron chi connectivity index (χ2n) is 3.32. The van der Waals surface area contributed by atoms with Gasteiger partial charge in [0.1, 0.15) is 6.34 Å². The van der Waals surface area contributed by atoms with Crippen LogP contribution in [-0.4, -0.2) is 22.1 Å². The lowest BCUT2D eigenvalue weighted by atomic mass is 9.89. The first-order valence-corrected chi connectivity index (χ1v) is 3.76. The third-order valence-corrected chi connectivity index (χ3v) is 2.19. The predicted octanol–water partition coefficient (Wildman–Crippen LogP) is 1.65. The van der Waals surface area contributed by atoms with Crippen molar-refractivity contribution >= 4 is 6.34 Å². The second kappa shape index (κ2) is 2.66. The SMILES string of the molecule is CC(C)C1(C)C=CN(O)C=N1. The lowest BCUT2D eigenvalue weighted by molar-refractivity contribution is 0.0391. The van der Waals surface area contributed by atoms with Crippen molar-refractivity contribution in [3.05, 3.63) is 12.3 Å². The number of hydroxylamine groups is 2. The Labute approximate surface area is 67.0 Å². The van der Waals surface area contributed by atoms with Crippen molar-refractivity contribution in [2.24, 2.45) is 10.9 Å². The number of rotatable bonds is 1. The third-order valence-electron chi connectivity index (χ3n) is 2.19. The molecule has 0 fully saturated rings. The van der Waals surface area contributed by atoms with Gasteiger partial charge in [0.25, 0.3) is 0 Å². The second-order valence-corrected chi connectivity index (χ2v) is 3.32. The Hall–Kier alpha value is -0.830. The molecule has 0 aliphatic carbocycles. The van der Waals surface area contributed by atoms with Crippen molar-refractivity contribution < 1.29 is 5.21 Å². The average molecular weight is 154 g/mol. The lowest BCUT2D eigenvalue weighted by Crippen LogP contribution is -2.31. The van der Waals surface area contributed by atoms with E-state index in [1.165, 1.54) is 6.34 Å². The van der Waals surface area contributed by atoms with Crippen molar-refractivity contribution in [1.29, 1.82) is 0 Å². The van der Waals surface area contributed by atoms with Crippen molar-refractivity contribution in [2.45, 2.75) is 26.3 Å². The molecule has 1 N–H and O–H groups in total. The molecular formula is C8H14N2O. The Kier molecular flexibility index (Phi) is 2.00. The number of hydrogen-bond acceptors (Lipinski definition) is 3. The van der Waals surface area contributed by atoms with Crippen molar-refractivity contribution in [1.82, 2.24) is 5.06 Å². The standard InChI is InChI=1S/C8H14N2O/c1-7(2)8(3)4-5-10(11)6-9-8/h4-7,11H,1-3H3. The zero-order valence-corrected chi connectivity index (χ0v) is 7.15. The van der Waals surface area contributed by atoms with E-state index in [0.717, 1.165) is 5.06 Å². The summed E-state index contributed by atoms with van der Waals surface area (Å²) in [4.78, 5) is 4.21. The van der Waals surface area contributed by atoms with Crippen molar-refractivity contribution in [2.75, 3.05) is 0 Å². The molecule has 1 atom stereocenters. The molecule has 0 spiro atoms. The monoisotopic (exact) mass is 154 g/mol. The molecule has 0 aromatic heterocycles. The molecule has 1 rings (SSSR count). The molecule has 1 heterocycles. The van der Waals surface area contributed by atoms with Crippen LogP contribution in [0, 0.1) is 5.92 Å². The summed E-state index contributed by atoms with van der Waals surface area (Å²) < 4.78 is 0. The fourth-order valence-electron chi connectivity index (χ4n) is 0.834. The van der Waals surface area contributed by atoms with Gasteiger partial charge >= 0.3 is 0 Å². The summed E-state index contributed by atoms with van der Waals surface area (Å²) in [5.74, 6) is 0.448. The van der Waals surface area contributed by atoms with E-state index < -0.39 is 0 Å². The van der Waals surface area contributed by atoms with Crippen LogP contribution < -0.4 is 0 Å². The summed E-state index contributed by atoms with van der Waals surface area (Å²) in [7, 11) is 0. The molecule has 1 aliphatic heterocycles. The van der Waals surface area contributed by atoms with Gasteiger partial charge in [0.05, 0.1) is 5.54 Å². The normalized spacial score (nSPS) is 30.1. The molecule has 3 heteroatoms. The van der Waals surface area contributed by atoms with Gasteiger partial charge in [-0.25, -0.2) is 5.06 Å². The average Bonchev–Trinajstić information content (AvgIpc) is 1.95. The van der Waals surface area contributed by atoms with Gasteiger partial charge in [0.2, 0.25) is 0 Å². The summed E-state index contributed by atoms with van der Waals surface area (Å²) >= 11 is 0. The topological polar surface area (TPSA) is 35.8 Å². The van der Waals surface area contributed by atoms with Gasteiger partial charge in [-0.05, 0) is 18.9 Å². The summed E-state index contributed by atoms with van der Waals surface area (Å²) in [6, 6.07) is 0. The highest BCUT2D eigenvalue weighted by Gasteiger charge is 2.25. The van der Waals surface area contributed by atoms with Crippen LogP contribution in [0.25, 0.3) is 0 Å². The maximum Gasteiger partial charge on any atom is 0.116 e. The summed E-state index contributed by atoms with van der Waals surface area (Å²) in [5.41, 5.74) is -0.154. The smallest absolute Gasteiger partial charge is 0.116 e. The first kappa shape index (κ1) is 8.27. The minimum absolute atomic E-state index is 0.154. The Balaban J connectivity index is 2.77. The fraction of sp³-hybridized carbons (Fsp3) is 0.625. The largest absolute Gasteiger partial charge is 0.283 e. The third kappa shape index (κ3) is 1.60. The Morgan fingerprint density at radius 3 is 2.55 bits per heavy atom. The highest BCUT2D eigenvalue weighted by atomic mass is 16.5. The molecule has 0 saturated heterocycles. The van der Waals surface area contributed by atoms with E-state index in [4.69, 9.17) is 5.21 Å².